The molecule has 3 heterocycles. The maximum atomic E-state index is 13.0. The number of fused-ring (bicyclic) bond motifs is 1. The number of hydrogen-bond acceptors (Lipinski definition) is 6. The topological polar surface area (TPSA) is 50.2 Å². The van der Waals surface area contributed by atoms with E-state index in [-0.39, 0.29) is 17.1 Å². The fourth-order valence-corrected chi connectivity index (χ4v) is 4.71. The summed E-state index contributed by atoms with van der Waals surface area (Å²) >= 11 is 4.17. The van der Waals surface area contributed by atoms with Crippen molar-refractivity contribution in [3.8, 4) is 0 Å². The van der Waals surface area contributed by atoms with Gasteiger partial charge in [0.15, 0.2) is 0 Å². The summed E-state index contributed by atoms with van der Waals surface area (Å²) in [5.41, 5.74) is 1.09. The van der Waals surface area contributed by atoms with Gasteiger partial charge in [0.1, 0.15) is 16.3 Å². The Morgan fingerprint density at radius 2 is 1.62 bits per heavy atom. The van der Waals surface area contributed by atoms with Crippen molar-refractivity contribution >= 4 is 61.3 Å². The maximum absolute atomic E-state index is 13.0. The van der Waals surface area contributed by atoms with E-state index >= 15 is 0 Å². The van der Waals surface area contributed by atoms with E-state index in [0.717, 1.165) is 10.2 Å². The highest BCUT2D eigenvalue weighted by Gasteiger charge is 2.24. The van der Waals surface area contributed by atoms with Crippen molar-refractivity contribution in [3.05, 3.63) is 74.1 Å². The number of para-hydroxylation sites is 1. The molecule has 24 heavy (non-hydrogen) atoms. The summed E-state index contributed by atoms with van der Waals surface area (Å²) in [6.45, 7) is 0. The quantitative estimate of drug-likeness (QED) is 0.284. The van der Waals surface area contributed by atoms with Gasteiger partial charge in [0.25, 0.3) is 0 Å². The average molecular weight is 369 g/mol. The van der Waals surface area contributed by atoms with Gasteiger partial charge in [0, 0.05) is 0 Å². The number of nitrogens with zero attached hydrogens (tertiary/aromatic N) is 1. The summed E-state index contributed by atoms with van der Waals surface area (Å²) < 4.78 is 0.989. The van der Waals surface area contributed by atoms with Crippen LogP contribution in [0.2, 0.25) is 0 Å². The molecular formula is C18H11NO2S3. The normalized spacial score (nSPS) is 12.3. The minimum absolute atomic E-state index is 0.0116. The van der Waals surface area contributed by atoms with E-state index in [2.05, 4.69) is 4.98 Å². The average Bonchev–Trinajstić information content (AvgIpc) is 3.34. The van der Waals surface area contributed by atoms with E-state index in [1.165, 1.54) is 34.0 Å². The first-order valence-corrected chi connectivity index (χ1v) is 9.73. The lowest BCUT2D eigenvalue weighted by Crippen LogP contribution is -2.03. The van der Waals surface area contributed by atoms with Crippen molar-refractivity contribution in [2.75, 3.05) is 0 Å². The lowest BCUT2D eigenvalue weighted by molar-refractivity contribution is 0.105. The molecule has 6 heteroatoms. The minimum Gasteiger partial charge on any atom is -0.506 e. The number of thiophene rings is 2. The lowest BCUT2D eigenvalue weighted by atomic mass is 10.1. The molecule has 0 spiro atoms. The second-order valence-electron chi connectivity index (χ2n) is 4.99. The first-order chi connectivity index (χ1) is 11.7. The third-order valence-electron chi connectivity index (χ3n) is 3.47. The van der Waals surface area contributed by atoms with Crippen LogP contribution in [-0.2, 0) is 0 Å². The molecule has 4 rings (SSSR count). The van der Waals surface area contributed by atoms with E-state index in [1.807, 2.05) is 47.2 Å². The smallest absolute Gasteiger partial charge is 0.209 e. The molecule has 3 aromatic heterocycles. The van der Waals surface area contributed by atoms with Gasteiger partial charge in [0.05, 0.1) is 20.0 Å². The molecule has 0 saturated carbocycles. The number of rotatable bonds is 4. The Morgan fingerprint density at radius 3 is 2.29 bits per heavy atom. The molecule has 0 fully saturated rings. The number of carbonyl (C=O) groups is 1. The Bertz CT molecular complexity index is 995. The van der Waals surface area contributed by atoms with Crippen LogP contribution in [0.4, 0.5) is 0 Å². The van der Waals surface area contributed by atoms with Gasteiger partial charge in [-0.15, -0.1) is 34.0 Å². The summed E-state index contributed by atoms with van der Waals surface area (Å²) in [6, 6.07) is 15.0. The standard InChI is InChI=1S/C18H11NO2S3/c20-16(13-7-3-9-22-13)15(17(21)14-8-4-10-23-14)18-19-11-5-1-2-6-12(11)24-18/h1-10,20H/b16-15-. The molecule has 0 aliphatic carbocycles. The number of aromatic nitrogens is 1. The first kappa shape index (κ1) is 15.3. The van der Waals surface area contributed by atoms with Gasteiger partial charge in [0.2, 0.25) is 5.78 Å². The van der Waals surface area contributed by atoms with Crippen molar-refractivity contribution in [3.63, 3.8) is 0 Å². The Balaban J connectivity index is 1.93. The molecule has 0 amide bonds. The third kappa shape index (κ3) is 2.69. The highest BCUT2D eigenvalue weighted by molar-refractivity contribution is 7.20. The predicted molar refractivity (Wildman–Crippen MR) is 102 cm³/mol. The maximum Gasteiger partial charge on any atom is 0.209 e. The number of benzene rings is 1. The number of hydrogen-bond donors (Lipinski definition) is 1. The molecule has 1 aromatic carbocycles. The van der Waals surface area contributed by atoms with Crippen LogP contribution in [0.25, 0.3) is 21.5 Å². The molecule has 1 N–H and O–H groups in total. The summed E-state index contributed by atoms with van der Waals surface area (Å²) in [5, 5.41) is 15.0. The Kier molecular flexibility index (Phi) is 4.02. The van der Waals surface area contributed by atoms with Crippen molar-refractivity contribution in [2.24, 2.45) is 0 Å². The van der Waals surface area contributed by atoms with Gasteiger partial charge in [-0.2, -0.15) is 0 Å². The first-order valence-electron chi connectivity index (χ1n) is 7.15. The molecule has 0 aliphatic heterocycles. The number of ketones is 1. The summed E-state index contributed by atoms with van der Waals surface area (Å²) in [5.74, 6) is -0.211. The predicted octanol–water partition coefficient (Wildman–Crippen LogP) is 5.73. The van der Waals surface area contributed by atoms with Gasteiger partial charge >= 0.3 is 0 Å². The highest BCUT2D eigenvalue weighted by atomic mass is 32.1. The fourth-order valence-electron chi connectivity index (χ4n) is 2.35. The van der Waals surface area contributed by atoms with E-state index in [0.29, 0.717) is 14.8 Å². The molecule has 0 unspecified atom stereocenters. The van der Waals surface area contributed by atoms with Crippen LogP contribution in [-0.4, -0.2) is 15.9 Å². The largest absolute Gasteiger partial charge is 0.506 e. The number of Topliss-reactive ketones (excluding diaryl/α,β-unsaturated/α-hetero) is 1. The van der Waals surface area contributed by atoms with Gasteiger partial charge < -0.3 is 5.11 Å². The van der Waals surface area contributed by atoms with Gasteiger partial charge in [-0.05, 0) is 35.0 Å². The zero-order valence-corrected chi connectivity index (χ0v) is 14.8. The van der Waals surface area contributed by atoms with Crippen LogP contribution in [0.1, 0.15) is 19.6 Å². The SMILES string of the molecule is O=C(/C(=C(/O)c1cccs1)c1nc2ccccc2s1)c1cccs1. The second-order valence-corrected chi connectivity index (χ2v) is 7.92. The minimum atomic E-state index is -0.199. The van der Waals surface area contributed by atoms with Crippen molar-refractivity contribution in [1.82, 2.24) is 4.98 Å². The molecule has 0 bridgehead atoms. The zero-order chi connectivity index (χ0) is 16.5. The van der Waals surface area contributed by atoms with Crippen LogP contribution >= 0.6 is 34.0 Å². The number of carbonyl (C=O) groups excluding carboxylic acids is 1. The number of thiazole rings is 1. The molecule has 0 atom stereocenters. The number of aliphatic hydroxyl groups excluding tert-OH is 1. The Hall–Kier alpha value is -2.28. The third-order valence-corrected chi connectivity index (χ3v) is 6.27. The summed E-state index contributed by atoms with van der Waals surface area (Å²) in [6.07, 6.45) is 0. The number of allylic oxidation sites excluding steroid dienone is 1. The van der Waals surface area contributed by atoms with Crippen LogP contribution in [0.15, 0.2) is 59.3 Å². The zero-order valence-electron chi connectivity index (χ0n) is 12.3. The van der Waals surface area contributed by atoms with E-state index in [4.69, 9.17) is 0 Å². The van der Waals surface area contributed by atoms with Crippen LogP contribution < -0.4 is 0 Å². The van der Waals surface area contributed by atoms with Crippen molar-refractivity contribution in [1.29, 1.82) is 0 Å². The molecular weight excluding hydrogens is 358 g/mol. The van der Waals surface area contributed by atoms with Gasteiger partial charge in [-0.3, -0.25) is 4.79 Å². The van der Waals surface area contributed by atoms with E-state index in [9.17, 15) is 9.90 Å². The molecule has 0 radical (unpaired) electrons. The Labute approximate surface area is 150 Å². The van der Waals surface area contributed by atoms with Crippen molar-refractivity contribution < 1.29 is 9.90 Å². The summed E-state index contributed by atoms with van der Waals surface area (Å²) in [4.78, 5) is 18.8. The van der Waals surface area contributed by atoms with E-state index < -0.39 is 0 Å². The molecule has 118 valence electrons. The molecule has 3 nitrogen and oxygen atoms in total. The molecule has 0 saturated heterocycles. The van der Waals surface area contributed by atoms with Crippen LogP contribution in [0.3, 0.4) is 0 Å². The molecule has 4 aromatic rings. The number of aliphatic hydroxyl groups is 1. The lowest BCUT2D eigenvalue weighted by Gasteiger charge is -2.05. The molecule has 0 aliphatic rings. The van der Waals surface area contributed by atoms with E-state index in [1.54, 1.807) is 12.1 Å². The van der Waals surface area contributed by atoms with Gasteiger partial charge in [-0.25, -0.2) is 4.98 Å². The highest BCUT2D eigenvalue weighted by Crippen LogP contribution is 2.35. The fraction of sp³-hybridized carbons (Fsp3) is 0. The van der Waals surface area contributed by atoms with Crippen molar-refractivity contribution in [2.45, 2.75) is 0 Å². The Morgan fingerprint density at radius 1 is 0.917 bits per heavy atom. The summed E-state index contributed by atoms with van der Waals surface area (Å²) in [7, 11) is 0. The van der Waals surface area contributed by atoms with Crippen LogP contribution in [0, 0.1) is 0 Å². The second kappa shape index (κ2) is 6.32. The monoisotopic (exact) mass is 369 g/mol. The van der Waals surface area contributed by atoms with Crippen LogP contribution in [0.5, 0.6) is 0 Å². The van der Waals surface area contributed by atoms with Gasteiger partial charge in [-0.1, -0.05) is 24.3 Å².